The summed E-state index contributed by atoms with van der Waals surface area (Å²) in [5.41, 5.74) is 0.229. The van der Waals surface area contributed by atoms with Gasteiger partial charge in [-0.25, -0.2) is 13.8 Å². The van der Waals surface area contributed by atoms with E-state index in [1.807, 2.05) is 18.4 Å². The minimum Gasteiger partial charge on any atom is -0.469 e. The molecule has 1 aromatic carbocycles. The second-order valence-electron chi connectivity index (χ2n) is 5.08. The number of hydrogen-bond donors (Lipinski definition) is 2. The highest BCUT2D eigenvalue weighted by atomic mass is 32.2. The maximum atomic E-state index is 13.7. The molecule has 2 N–H and O–H groups in total. The molecule has 2 rings (SSSR count). The third-order valence-electron chi connectivity index (χ3n) is 3.26. The monoisotopic (exact) mass is 353 g/mol. The van der Waals surface area contributed by atoms with Gasteiger partial charge in [0.15, 0.2) is 5.96 Å². The molecular weight excluding hydrogens is 332 g/mol. The van der Waals surface area contributed by atoms with Crippen LogP contribution in [0.2, 0.25) is 0 Å². The van der Waals surface area contributed by atoms with Gasteiger partial charge in [-0.3, -0.25) is 0 Å². The van der Waals surface area contributed by atoms with Gasteiger partial charge in [0.1, 0.15) is 17.4 Å². The first-order chi connectivity index (χ1) is 11.7. The highest BCUT2D eigenvalue weighted by Crippen LogP contribution is 2.10. The minimum atomic E-state index is -0.468. The number of aliphatic imine (C=N–C) groups is 1. The highest BCUT2D eigenvalue weighted by Gasteiger charge is 2.05. The van der Waals surface area contributed by atoms with Gasteiger partial charge in [0.25, 0.3) is 0 Å². The first-order valence-corrected chi connectivity index (χ1v) is 9.06. The molecule has 0 aliphatic rings. The second kappa shape index (κ2) is 9.97. The quantitative estimate of drug-likeness (QED) is 0.435. The Morgan fingerprint density at radius 1 is 1.21 bits per heavy atom. The van der Waals surface area contributed by atoms with Crippen LogP contribution in [0.3, 0.4) is 0 Å². The van der Waals surface area contributed by atoms with Gasteiger partial charge in [0.05, 0.1) is 12.8 Å². The minimum absolute atomic E-state index is 0.0684. The third kappa shape index (κ3) is 6.23. The summed E-state index contributed by atoms with van der Waals surface area (Å²) in [5.74, 6) is 1.44. The summed E-state index contributed by atoms with van der Waals surface area (Å²) < 4.78 is 32.2. The van der Waals surface area contributed by atoms with E-state index in [1.54, 1.807) is 18.0 Å². The molecule has 24 heavy (non-hydrogen) atoms. The number of rotatable bonds is 8. The molecule has 0 atom stereocenters. The van der Waals surface area contributed by atoms with Gasteiger partial charge in [-0.2, -0.15) is 11.8 Å². The van der Waals surface area contributed by atoms with Crippen LogP contribution < -0.4 is 10.6 Å². The average molecular weight is 353 g/mol. The Labute approximate surface area is 144 Å². The molecule has 0 saturated heterocycles. The van der Waals surface area contributed by atoms with Crippen LogP contribution in [0.4, 0.5) is 8.78 Å². The lowest BCUT2D eigenvalue weighted by atomic mass is 10.2. The van der Waals surface area contributed by atoms with Crippen molar-refractivity contribution in [3.8, 4) is 0 Å². The van der Waals surface area contributed by atoms with E-state index in [9.17, 15) is 8.78 Å². The van der Waals surface area contributed by atoms with Crippen molar-refractivity contribution in [1.29, 1.82) is 0 Å². The van der Waals surface area contributed by atoms with Crippen LogP contribution in [0.1, 0.15) is 11.3 Å². The standard InChI is InChI=1S/C17H21F2N3OS/c1-24-10-8-21-17(20-7-6-15-3-2-9-23-15)22-12-13-11-14(18)4-5-16(13)19/h2-5,9,11H,6-8,10,12H2,1H3,(H2,20,21,22). The summed E-state index contributed by atoms with van der Waals surface area (Å²) in [6.45, 7) is 1.43. The number of nitrogens with zero attached hydrogens (tertiary/aromatic N) is 1. The first-order valence-electron chi connectivity index (χ1n) is 7.66. The van der Waals surface area contributed by atoms with Crippen LogP contribution in [0.15, 0.2) is 46.0 Å². The van der Waals surface area contributed by atoms with Crippen LogP contribution in [0.5, 0.6) is 0 Å². The molecular formula is C17H21F2N3OS. The number of benzene rings is 1. The van der Waals surface area contributed by atoms with Gasteiger partial charge < -0.3 is 15.1 Å². The van der Waals surface area contributed by atoms with Crippen molar-refractivity contribution in [3.63, 3.8) is 0 Å². The van der Waals surface area contributed by atoms with Gasteiger partial charge in [-0.15, -0.1) is 0 Å². The van der Waals surface area contributed by atoms with Crippen LogP contribution in [-0.2, 0) is 13.0 Å². The SMILES string of the molecule is CSCCNC(=NCc1cc(F)ccc1F)NCCc1ccco1. The zero-order valence-corrected chi connectivity index (χ0v) is 14.3. The lowest BCUT2D eigenvalue weighted by Gasteiger charge is -2.12. The highest BCUT2D eigenvalue weighted by molar-refractivity contribution is 7.98. The molecule has 0 aliphatic carbocycles. The van der Waals surface area contributed by atoms with Crippen molar-refractivity contribution in [2.24, 2.45) is 4.99 Å². The zero-order chi connectivity index (χ0) is 17.2. The van der Waals surface area contributed by atoms with E-state index in [-0.39, 0.29) is 12.1 Å². The number of furan rings is 1. The van der Waals surface area contributed by atoms with E-state index in [4.69, 9.17) is 4.42 Å². The van der Waals surface area contributed by atoms with E-state index in [0.717, 1.165) is 30.2 Å². The van der Waals surface area contributed by atoms with Crippen molar-refractivity contribution in [2.45, 2.75) is 13.0 Å². The van der Waals surface area contributed by atoms with E-state index in [1.165, 1.54) is 6.07 Å². The van der Waals surface area contributed by atoms with Crippen molar-refractivity contribution >= 4 is 17.7 Å². The summed E-state index contributed by atoms with van der Waals surface area (Å²) in [7, 11) is 0. The second-order valence-corrected chi connectivity index (χ2v) is 6.06. The number of guanidine groups is 1. The van der Waals surface area contributed by atoms with Crippen molar-refractivity contribution in [1.82, 2.24) is 10.6 Å². The van der Waals surface area contributed by atoms with Gasteiger partial charge in [-0.05, 0) is 36.6 Å². The largest absolute Gasteiger partial charge is 0.469 e. The van der Waals surface area contributed by atoms with Gasteiger partial charge in [0.2, 0.25) is 0 Å². The molecule has 0 amide bonds. The molecule has 2 aromatic rings. The molecule has 0 radical (unpaired) electrons. The van der Waals surface area contributed by atoms with Crippen LogP contribution in [-0.4, -0.2) is 31.1 Å². The molecule has 0 aliphatic heterocycles. The van der Waals surface area contributed by atoms with Crippen LogP contribution >= 0.6 is 11.8 Å². The van der Waals surface area contributed by atoms with E-state index >= 15 is 0 Å². The number of halogens is 2. The van der Waals surface area contributed by atoms with Gasteiger partial charge in [-0.1, -0.05) is 0 Å². The Morgan fingerprint density at radius 2 is 2.04 bits per heavy atom. The summed E-state index contributed by atoms with van der Waals surface area (Å²) in [6.07, 6.45) is 4.36. The van der Waals surface area contributed by atoms with Gasteiger partial charge in [0, 0.05) is 30.8 Å². The Hall–Kier alpha value is -2.02. The molecule has 4 nitrogen and oxygen atoms in total. The molecule has 0 bridgehead atoms. The Morgan fingerprint density at radius 3 is 2.79 bits per heavy atom. The fourth-order valence-electron chi connectivity index (χ4n) is 2.03. The van der Waals surface area contributed by atoms with E-state index in [0.29, 0.717) is 18.9 Å². The lowest BCUT2D eigenvalue weighted by molar-refractivity contribution is 0.507. The fourth-order valence-corrected chi connectivity index (χ4v) is 2.34. The van der Waals surface area contributed by atoms with Crippen LogP contribution in [0.25, 0.3) is 0 Å². The van der Waals surface area contributed by atoms with Gasteiger partial charge >= 0.3 is 0 Å². The Balaban J connectivity index is 1.93. The predicted molar refractivity (Wildman–Crippen MR) is 94.3 cm³/mol. The number of hydrogen-bond acceptors (Lipinski definition) is 3. The topological polar surface area (TPSA) is 49.6 Å². The molecule has 0 unspecified atom stereocenters. The van der Waals surface area contributed by atoms with Crippen molar-refractivity contribution < 1.29 is 13.2 Å². The molecule has 0 spiro atoms. The Bertz CT molecular complexity index is 647. The molecule has 7 heteroatoms. The summed E-state index contributed by atoms with van der Waals surface area (Å²) in [4.78, 5) is 4.33. The third-order valence-corrected chi connectivity index (χ3v) is 3.87. The molecule has 130 valence electrons. The molecule has 0 saturated carbocycles. The lowest BCUT2D eigenvalue weighted by Crippen LogP contribution is -2.39. The van der Waals surface area contributed by atoms with Crippen LogP contribution in [0, 0.1) is 11.6 Å². The summed E-state index contributed by atoms with van der Waals surface area (Å²) in [5, 5.41) is 6.35. The van der Waals surface area contributed by atoms with E-state index < -0.39 is 11.6 Å². The zero-order valence-electron chi connectivity index (χ0n) is 13.5. The molecule has 1 aromatic heterocycles. The molecule has 1 heterocycles. The normalized spacial score (nSPS) is 11.5. The smallest absolute Gasteiger partial charge is 0.191 e. The summed E-state index contributed by atoms with van der Waals surface area (Å²) >= 11 is 1.71. The fraction of sp³-hybridized carbons (Fsp3) is 0.353. The van der Waals surface area contributed by atoms with Crippen molar-refractivity contribution in [3.05, 3.63) is 59.6 Å². The van der Waals surface area contributed by atoms with E-state index in [2.05, 4.69) is 15.6 Å². The first kappa shape index (κ1) is 18.3. The number of thioether (sulfide) groups is 1. The maximum Gasteiger partial charge on any atom is 0.191 e. The Kier molecular flexibility index (Phi) is 7.61. The molecule has 0 fully saturated rings. The van der Waals surface area contributed by atoms with Crippen molar-refractivity contribution in [2.75, 3.05) is 25.1 Å². The predicted octanol–water partition coefficient (Wildman–Crippen LogP) is 3.20. The average Bonchev–Trinajstić information content (AvgIpc) is 3.08. The maximum absolute atomic E-state index is 13.7. The summed E-state index contributed by atoms with van der Waals surface area (Å²) in [6, 6.07) is 7.13. The number of nitrogens with one attached hydrogen (secondary N) is 2.